The lowest BCUT2D eigenvalue weighted by molar-refractivity contribution is -0.122. The van der Waals surface area contributed by atoms with E-state index in [0.29, 0.717) is 6.42 Å². The number of nitrogens with zero attached hydrogens (tertiary/aromatic N) is 1. The lowest BCUT2D eigenvalue weighted by atomic mass is 9.90. The molecule has 156 valence electrons. The number of nitrogens with one attached hydrogen (secondary N) is 1. The fraction of sp³-hybridized carbons (Fsp3) is 0.480. The highest BCUT2D eigenvalue weighted by Crippen LogP contribution is 2.31. The summed E-state index contributed by atoms with van der Waals surface area (Å²) >= 11 is 0. The number of halogens is 1. The van der Waals surface area contributed by atoms with Crippen LogP contribution in [0.25, 0.3) is 5.57 Å². The van der Waals surface area contributed by atoms with E-state index in [1.165, 1.54) is 5.57 Å². The zero-order chi connectivity index (χ0) is 21.3. The van der Waals surface area contributed by atoms with Gasteiger partial charge in [-0.15, -0.1) is 0 Å². The van der Waals surface area contributed by atoms with Gasteiger partial charge in [-0.1, -0.05) is 39.0 Å². The van der Waals surface area contributed by atoms with Gasteiger partial charge < -0.3 is 5.32 Å². The van der Waals surface area contributed by atoms with Crippen molar-refractivity contribution in [3.8, 4) is 0 Å². The second-order valence-corrected chi connectivity index (χ2v) is 9.68. The van der Waals surface area contributed by atoms with Gasteiger partial charge in [0.1, 0.15) is 5.82 Å². The monoisotopic (exact) mass is 396 g/mol. The van der Waals surface area contributed by atoms with Crippen LogP contribution < -0.4 is 5.32 Å². The highest BCUT2D eigenvalue weighted by molar-refractivity contribution is 5.79. The molecule has 0 saturated heterocycles. The molecular weight excluding hydrogens is 363 g/mol. The van der Waals surface area contributed by atoms with Crippen molar-refractivity contribution in [3.63, 3.8) is 0 Å². The molecule has 3 nitrogen and oxygen atoms in total. The minimum atomic E-state index is -0.187. The largest absolute Gasteiger partial charge is 0.326 e. The van der Waals surface area contributed by atoms with Gasteiger partial charge in [0.2, 0.25) is 5.91 Å². The molecule has 2 aliphatic rings. The molecule has 1 aliphatic carbocycles. The van der Waals surface area contributed by atoms with Crippen LogP contribution in [0.1, 0.15) is 65.5 Å². The molecule has 1 aromatic carbocycles. The highest BCUT2D eigenvalue weighted by atomic mass is 19.1. The molecule has 4 heteroatoms. The Labute approximate surface area is 174 Å². The van der Waals surface area contributed by atoms with E-state index >= 15 is 0 Å². The molecule has 1 N–H and O–H groups in total. The first-order valence-corrected chi connectivity index (χ1v) is 10.4. The Morgan fingerprint density at radius 2 is 1.93 bits per heavy atom. The molecule has 1 aromatic rings. The predicted molar refractivity (Wildman–Crippen MR) is 118 cm³/mol. The summed E-state index contributed by atoms with van der Waals surface area (Å²) in [5, 5.41) is 3.14. The minimum absolute atomic E-state index is 0.0313. The third kappa shape index (κ3) is 5.24. The summed E-state index contributed by atoms with van der Waals surface area (Å²) < 4.78 is 13.7. The molecule has 1 heterocycles. The normalized spacial score (nSPS) is 20.6. The van der Waals surface area contributed by atoms with Crippen LogP contribution >= 0.6 is 0 Å². The molecular formula is C25H33FN2O. The van der Waals surface area contributed by atoms with Gasteiger partial charge in [-0.3, -0.25) is 9.69 Å². The van der Waals surface area contributed by atoms with Crippen LogP contribution in [0.4, 0.5) is 4.39 Å². The number of hydrogen-bond acceptors (Lipinski definition) is 2. The Hall–Kier alpha value is -2.20. The first-order chi connectivity index (χ1) is 13.5. The maximum atomic E-state index is 13.7. The minimum Gasteiger partial charge on any atom is -0.326 e. The Bertz CT molecular complexity index is 902. The number of carbonyl (C=O) groups excluding carboxylic acids is 1. The molecule has 0 radical (unpaired) electrons. The third-order valence-electron chi connectivity index (χ3n) is 5.71. The number of allylic oxidation sites excluding steroid dienone is 2. The number of amides is 1. The number of hydrogen-bond donors (Lipinski definition) is 1. The van der Waals surface area contributed by atoms with Crippen molar-refractivity contribution >= 4 is 11.5 Å². The van der Waals surface area contributed by atoms with Gasteiger partial charge in [-0.25, -0.2) is 4.39 Å². The molecule has 0 fully saturated rings. The van der Waals surface area contributed by atoms with Gasteiger partial charge in [0.25, 0.3) is 0 Å². The van der Waals surface area contributed by atoms with E-state index in [0.717, 1.165) is 47.5 Å². The highest BCUT2D eigenvalue weighted by Gasteiger charge is 2.26. The van der Waals surface area contributed by atoms with Crippen molar-refractivity contribution in [1.82, 2.24) is 10.2 Å². The summed E-state index contributed by atoms with van der Waals surface area (Å²) in [6.07, 6.45) is 5.83. The summed E-state index contributed by atoms with van der Waals surface area (Å²) in [7, 11) is 0. The van der Waals surface area contributed by atoms with Gasteiger partial charge in [0.15, 0.2) is 0 Å². The van der Waals surface area contributed by atoms with Crippen molar-refractivity contribution in [2.45, 2.75) is 67.0 Å². The summed E-state index contributed by atoms with van der Waals surface area (Å²) in [5.41, 5.74) is 6.56. The van der Waals surface area contributed by atoms with E-state index in [9.17, 15) is 9.18 Å². The van der Waals surface area contributed by atoms with Gasteiger partial charge in [-0.2, -0.15) is 0 Å². The van der Waals surface area contributed by atoms with Crippen molar-refractivity contribution in [2.24, 2.45) is 5.41 Å². The van der Waals surface area contributed by atoms with E-state index in [1.54, 1.807) is 12.1 Å². The molecule has 0 saturated carbocycles. The summed E-state index contributed by atoms with van der Waals surface area (Å²) in [6.45, 7) is 14.1. The standard InChI is InChI=1S/C25H33FN2O/c1-16-9-10-28(15-19-7-8-20(26)13-22(16)19)21-11-17(2)24(18(3)12-21)27-23(29)14-25(4,5)6/h7-9,11,13,21H,10,12,14-15H2,1-6H3,(H,27,29). The summed E-state index contributed by atoms with van der Waals surface area (Å²) in [6, 6.07) is 5.35. The van der Waals surface area contributed by atoms with Crippen molar-refractivity contribution in [3.05, 3.63) is 64.1 Å². The predicted octanol–water partition coefficient (Wildman–Crippen LogP) is 5.59. The molecule has 0 spiro atoms. The van der Waals surface area contributed by atoms with Crippen LogP contribution in [-0.4, -0.2) is 23.4 Å². The van der Waals surface area contributed by atoms with Crippen molar-refractivity contribution in [2.75, 3.05) is 6.54 Å². The van der Waals surface area contributed by atoms with Crippen LogP contribution in [0.3, 0.4) is 0 Å². The quantitative estimate of drug-likeness (QED) is 0.722. The van der Waals surface area contributed by atoms with Crippen molar-refractivity contribution in [1.29, 1.82) is 0 Å². The van der Waals surface area contributed by atoms with E-state index in [1.807, 2.05) is 6.07 Å². The first-order valence-electron chi connectivity index (χ1n) is 10.4. The maximum absolute atomic E-state index is 13.7. The topological polar surface area (TPSA) is 32.3 Å². The maximum Gasteiger partial charge on any atom is 0.224 e. The lowest BCUT2D eigenvalue weighted by Gasteiger charge is -2.33. The summed E-state index contributed by atoms with van der Waals surface area (Å²) in [4.78, 5) is 14.9. The average molecular weight is 397 g/mol. The van der Waals surface area contributed by atoms with E-state index in [-0.39, 0.29) is 23.2 Å². The number of carbonyl (C=O) groups is 1. The third-order valence-corrected chi connectivity index (χ3v) is 5.71. The molecule has 1 atom stereocenters. The Kier molecular flexibility index (Phi) is 6.13. The number of fused-ring (bicyclic) bond motifs is 1. The van der Waals surface area contributed by atoms with E-state index < -0.39 is 0 Å². The van der Waals surface area contributed by atoms with Gasteiger partial charge >= 0.3 is 0 Å². The van der Waals surface area contributed by atoms with Gasteiger partial charge in [0.05, 0.1) is 0 Å². The molecule has 3 rings (SSSR count). The molecule has 1 aliphatic heterocycles. The van der Waals surface area contributed by atoms with Crippen LogP contribution in [0.15, 0.2) is 47.2 Å². The Morgan fingerprint density at radius 3 is 2.59 bits per heavy atom. The molecule has 0 aromatic heterocycles. The average Bonchev–Trinajstić information content (AvgIpc) is 2.76. The number of benzene rings is 1. The molecule has 1 unspecified atom stereocenters. The second-order valence-electron chi connectivity index (χ2n) is 9.68. The fourth-order valence-corrected chi connectivity index (χ4v) is 4.24. The van der Waals surface area contributed by atoms with Crippen LogP contribution in [0, 0.1) is 11.2 Å². The zero-order valence-corrected chi connectivity index (χ0v) is 18.5. The van der Waals surface area contributed by atoms with E-state index in [4.69, 9.17) is 0 Å². The Balaban J connectivity index is 1.77. The van der Waals surface area contributed by atoms with Crippen LogP contribution in [0.2, 0.25) is 0 Å². The molecule has 0 bridgehead atoms. The smallest absolute Gasteiger partial charge is 0.224 e. The second kappa shape index (κ2) is 8.27. The lowest BCUT2D eigenvalue weighted by Crippen LogP contribution is -2.37. The molecule has 1 amide bonds. The van der Waals surface area contributed by atoms with Crippen LogP contribution in [0.5, 0.6) is 0 Å². The van der Waals surface area contributed by atoms with Crippen LogP contribution in [-0.2, 0) is 11.3 Å². The van der Waals surface area contributed by atoms with Gasteiger partial charge in [-0.05, 0) is 72.6 Å². The fourth-order valence-electron chi connectivity index (χ4n) is 4.24. The number of rotatable bonds is 3. The van der Waals surface area contributed by atoms with Gasteiger partial charge in [0, 0.05) is 31.2 Å². The molecule has 29 heavy (non-hydrogen) atoms. The van der Waals surface area contributed by atoms with E-state index in [2.05, 4.69) is 63.9 Å². The zero-order valence-electron chi connectivity index (χ0n) is 18.5. The first kappa shape index (κ1) is 21.5. The van der Waals surface area contributed by atoms with Crippen molar-refractivity contribution < 1.29 is 9.18 Å². The Morgan fingerprint density at radius 1 is 1.21 bits per heavy atom. The summed E-state index contributed by atoms with van der Waals surface area (Å²) in [5.74, 6) is -0.116. The SMILES string of the molecule is CC1=CC(N2CC=C(C)c3cc(F)ccc3C2)CC(C)=C1NC(=O)CC(C)(C)C.